The summed E-state index contributed by atoms with van der Waals surface area (Å²) in [7, 11) is 1.63. The number of piperazine rings is 1. The number of ether oxygens (including phenoxy) is 1. The fourth-order valence-corrected chi connectivity index (χ4v) is 3.43. The first-order chi connectivity index (χ1) is 11.6. The van der Waals surface area contributed by atoms with Crippen molar-refractivity contribution in [2.45, 2.75) is 25.9 Å². The number of carbonyl (C=O) groups excluding carboxylic acids is 2. The lowest BCUT2D eigenvalue weighted by atomic mass is 10.1. The number of nitrogens with one attached hydrogen (secondary N) is 1. The zero-order valence-corrected chi connectivity index (χ0v) is 15.6. The molecule has 1 aromatic carbocycles. The highest BCUT2D eigenvalue weighted by atomic mass is 35.5. The molecule has 1 aromatic rings. The topological polar surface area (TPSA) is 61.9 Å². The number of carbonyl (C=O) groups is 2. The molecule has 2 fully saturated rings. The Morgan fingerprint density at radius 1 is 1.28 bits per heavy atom. The Bertz CT molecular complexity index is 608. The van der Waals surface area contributed by atoms with Crippen LogP contribution in [0.15, 0.2) is 24.3 Å². The van der Waals surface area contributed by atoms with Crippen molar-refractivity contribution >= 4 is 24.2 Å². The van der Waals surface area contributed by atoms with Gasteiger partial charge in [-0.1, -0.05) is 12.1 Å². The lowest BCUT2D eigenvalue weighted by Crippen LogP contribution is -2.53. The van der Waals surface area contributed by atoms with E-state index in [0.29, 0.717) is 25.6 Å². The van der Waals surface area contributed by atoms with Crippen LogP contribution in [0, 0.1) is 5.92 Å². The highest BCUT2D eigenvalue weighted by Crippen LogP contribution is 2.23. The number of benzene rings is 1. The molecular formula is C18H26ClN3O3. The number of hydrogen-bond acceptors (Lipinski definition) is 4. The molecule has 0 aromatic heterocycles. The average Bonchev–Trinajstić information content (AvgIpc) is 2.95. The van der Waals surface area contributed by atoms with Gasteiger partial charge in [0.15, 0.2) is 0 Å². The largest absolute Gasteiger partial charge is 0.497 e. The van der Waals surface area contributed by atoms with Gasteiger partial charge in [0.05, 0.1) is 13.0 Å². The molecule has 25 heavy (non-hydrogen) atoms. The molecular weight excluding hydrogens is 342 g/mol. The third-order valence-corrected chi connectivity index (χ3v) is 4.78. The monoisotopic (exact) mass is 367 g/mol. The summed E-state index contributed by atoms with van der Waals surface area (Å²) in [6.45, 7) is 5.42. The Kier molecular flexibility index (Phi) is 6.67. The maximum atomic E-state index is 12.7. The molecule has 0 saturated carbocycles. The molecule has 2 amide bonds. The molecule has 138 valence electrons. The molecule has 3 rings (SSSR count). The Morgan fingerprint density at radius 3 is 2.64 bits per heavy atom. The third-order valence-electron chi connectivity index (χ3n) is 4.78. The maximum absolute atomic E-state index is 12.7. The first kappa shape index (κ1) is 19.5. The smallest absolute Gasteiger partial charge is 0.228 e. The molecule has 6 nitrogen and oxygen atoms in total. The predicted molar refractivity (Wildman–Crippen MR) is 97.8 cm³/mol. The molecule has 2 saturated heterocycles. The van der Waals surface area contributed by atoms with E-state index >= 15 is 0 Å². The van der Waals surface area contributed by atoms with E-state index in [1.54, 1.807) is 12.0 Å². The fourth-order valence-electron chi connectivity index (χ4n) is 3.43. The van der Waals surface area contributed by atoms with Crippen molar-refractivity contribution in [2.75, 3.05) is 33.3 Å². The zero-order valence-electron chi connectivity index (χ0n) is 14.7. The van der Waals surface area contributed by atoms with Gasteiger partial charge < -0.3 is 19.9 Å². The standard InChI is InChI=1S/C18H25N3O3.ClH/c1-13-10-20(8-7-19-13)18(23)15-9-17(22)21(12-15)11-14-3-5-16(24-2)6-4-14;/h3-6,13,15,19H,7-12H2,1-2H3;1H. The predicted octanol–water partition coefficient (Wildman–Crippen LogP) is 1.29. The third kappa shape index (κ3) is 4.64. The minimum Gasteiger partial charge on any atom is -0.497 e. The van der Waals surface area contributed by atoms with Crippen molar-refractivity contribution in [3.8, 4) is 5.75 Å². The van der Waals surface area contributed by atoms with Gasteiger partial charge in [0, 0.05) is 45.2 Å². The van der Waals surface area contributed by atoms with Crippen LogP contribution in [-0.2, 0) is 16.1 Å². The average molecular weight is 368 g/mol. The molecule has 0 bridgehead atoms. The van der Waals surface area contributed by atoms with E-state index in [0.717, 1.165) is 30.9 Å². The number of rotatable bonds is 4. The molecule has 0 spiro atoms. The van der Waals surface area contributed by atoms with Crippen LogP contribution in [0.4, 0.5) is 0 Å². The first-order valence-corrected chi connectivity index (χ1v) is 8.49. The lowest BCUT2D eigenvalue weighted by Gasteiger charge is -2.33. The fraction of sp³-hybridized carbons (Fsp3) is 0.556. The summed E-state index contributed by atoms with van der Waals surface area (Å²) >= 11 is 0. The van der Waals surface area contributed by atoms with Gasteiger partial charge in [-0.05, 0) is 24.6 Å². The van der Waals surface area contributed by atoms with Gasteiger partial charge in [-0.25, -0.2) is 0 Å². The van der Waals surface area contributed by atoms with E-state index in [4.69, 9.17) is 4.74 Å². The van der Waals surface area contributed by atoms with Gasteiger partial charge in [0.2, 0.25) is 11.8 Å². The van der Waals surface area contributed by atoms with E-state index in [1.165, 1.54) is 0 Å². The van der Waals surface area contributed by atoms with Gasteiger partial charge in [0.25, 0.3) is 0 Å². The second-order valence-corrected chi connectivity index (χ2v) is 6.66. The summed E-state index contributed by atoms with van der Waals surface area (Å²) in [5.74, 6) is 0.773. The van der Waals surface area contributed by atoms with Gasteiger partial charge in [-0.2, -0.15) is 0 Å². The summed E-state index contributed by atoms with van der Waals surface area (Å²) < 4.78 is 5.15. The van der Waals surface area contributed by atoms with Crippen molar-refractivity contribution in [2.24, 2.45) is 5.92 Å². The van der Waals surface area contributed by atoms with Gasteiger partial charge in [0.1, 0.15) is 5.75 Å². The Labute approximate surface area is 154 Å². The number of methoxy groups -OCH3 is 1. The minimum atomic E-state index is -0.207. The van der Waals surface area contributed by atoms with Crippen molar-refractivity contribution in [1.29, 1.82) is 0 Å². The van der Waals surface area contributed by atoms with Crippen LogP contribution in [0.2, 0.25) is 0 Å². The second-order valence-electron chi connectivity index (χ2n) is 6.66. The van der Waals surface area contributed by atoms with E-state index in [1.807, 2.05) is 29.2 Å². The van der Waals surface area contributed by atoms with E-state index < -0.39 is 0 Å². The molecule has 2 heterocycles. The summed E-state index contributed by atoms with van der Waals surface area (Å²) in [6.07, 6.45) is 0.327. The van der Waals surface area contributed by atoms with Crippen LogP contribution in [0.1, 0.15) is 18.9 Å². The van der Waals surface area contributed by atoms with Crippen LogP contribution in [0.5, 0.6) is 5.75 Å². The van der Waals surface area contributed by atoms with Crippen LogP contribution < -0.4 is 10.1 Å². The molecule has 1 N–H and O–H groups in total. The Morgan fingerprint density at radius 2 is 2.00 bits per heavy atom. The van der Waals surface area contributed by atoms with E-state index in [2.05, 4.69) is 12.2 Å². The van der Waals surface area contributed by atoms with E-state index in [9.17, 15) is 9.59 Å². The van der Waals surface area contributed by atoms with Crippen molar-refractivity contribution < 1.29 is 14.3 Å². The Balaban J connectivity index is 0.00000225. The highest BCUT2D eigenvalue weighted by Gasteiger charge is 2.37. The number of likely N-dealkylation sites (tertiary alicyclic amines) is 1. The summed E-state index contributed by atoms with van der Waals surface area (Å²) in [5, 5.41) is 3.34. The lowest BCUT2D eigenvalue weighted by molar-refractivity contribution is -0.136. The molecule has 0 aliphatic carbocycles. The quantitative estimate of drug-likeness (QED) is 0.871. The molecule has 2 atom stereocenters. The van der Waals surface area contributed by atoms with Crippen molar-refractivity contribution in [3.63, 3.8) is 0 Å². The minimum absolute atomic E-state index is 0. The van der Waals surface area contributed by atoms with Crippen LogP contribution in [-0.4, -0.2) is 60.9 Å². The summed E-state index contributed by atoms with van der Waals surface area (Å²) in [5.41, 5.74) is 1.05. The van der Waals surface area contributed by atoms with Crippen LogP contribution in [0.25, 0.3) is 0 Å². The molecule has 2 unspecified atom stereocenters. The molecule has 2 aliphatic heterocycles. The molecule has 0 radical (unpaired) electrons. The summed E-state index contributed by atoms with van der Waals surface area (Å²) in [4.78, 5) is 28.6. The van der Waals surface area contributed by atoms with Gasteiger partial charge >= 0.3 is 0 Å². The van der Waals surface area contributed by atoms with Crippen LogP contribution >= 0.6 is 12.4 Å². The van der Waals surface area contributed by atoms with Crippen LogP contribution in [0.3, 0.4) is 0 Å². The highest BCUT2D eigenvalue weighted by molar-refractivity contribution is 5.89. The van der Waals surface area contributed by atoms with E-state index in [-0.39, 0.29) is 30.1 Å². The second kappa shape index (κ2) is 8.54. The zero-order chi connectivity index (χ0) is 17.1. The number of nitrogens with zero attached hydrogens (tertiary/aromatic N) is 2. The SMILES string of the molecule is COc1ccc(CN2CC(C(=O)N3CCNC(C)C3)CC2=O)cc1.Cl. The number of hydrogen-bond donors (Lipinski definition) is 1. The molecule has 7 heteroatoms. The molecule has 2 aliphatic rings. The number of amides is 2. The normalized spacial score (nSPS) is 23.4. The van der Waals surface area contributed by atoms with Gasteiger partial charge in [-0.15, -0.1) is 12.4 Å². The summed E-state index contributed by atoms with van der Waals surface area (Å²) in [6, 6.07) is 8.01. The Hall–Kier alpha value is -1.79. The number of halogens is 1. The maximum Gasteiger partial charge on any atom is 0.228 e. The van der Waals surface area contributed by atoms with Crippen molar-refractivity contribution in [1.82, 2.24) is 15.1 Å². The van der Waals surface area contributed by atoms with Gasteiger partial charge in [-0.3, -0.25) is 9.59 Å². The first-order valence-electron chi connectivity index (χ1n) is 8.49. The van der Waals surface area contributed by atoms with Crippen molar-refractivity contribution in [3.05, 3.63) is 29.8 Å².